The summed E-state index contributed by atoms with van der Waals surface area (Å²) in [5.74, 6) is 1.18. The zero-order valence-electron chi connectivity index (χ0n) is 12.6. The summed E-state index contributed by atoms with van der Waals surface area (Å²) >= 11 is 6.10. The first-order valence-electron chi connectivity index (χ1n) is 7.72. The normalized spacial score (nSPS) is 22.7. The second-order valence-electron chi connectivity index (χ2n) is 6.33. The minimum atomic E-state index is 0. The van der Waals surface area contributed by atoms with Crippen LogP contribution in [0.25, 0.3) is 10.9 Å². The van der Waals surface area contributed by atoms with Crippen LogP contribution < -0.4 is 5.73 Å². The first-order chi connectivity index (χ1) is 10.2. The topological polar surface area (TPSA) is 38.9 Å². The number of rotatable bonds is 1. The van der Waals surface area contributed by atoms with Crippen LogP contribution in [-0.2, 0) is 6.42 Å². The molecule has 116 valence electrons. The molecule has 2 N–H and O–H groups in total. The van der Waals surface area contributed by atoms with E-state index < -0.39 is 0 Å². The van der Waals surface area contributed by atoms with Gasteiger partial charge in [-0.25, -0.2) is 0 Å². The zero-order chi connectivity index (χ0) is 14.6. The second kappa shape index (κ2) is 5.75. The fraction of sp³-hybridized carbons (Fsp3) is 0.389. The lowest BCUT2D eigenvalue weighted by atomic mass is 9.70. The van der Waals surface area contributed by atoms with Crippen molar-refractivity contribution in [3.63, 3.8) is 0 Å². The molecule has 1 aromatic carbocycles. The largest absolute Gasteiger partial charge is 0.398 e. The lowest BCUT2D eigenvalue weighted by Gasteiger charge is -2.35. The maximum absolute atomic E-state index is 6.51. The maximum Gasteiger partial charge on any atom is 0.0741 e. The van der Waals surface area contributed by atoms with Crippen molar-refractivity contribution in [2.45, 2.75) is 38.5 Å². The van der Waals surface area contributed by atoms with Gasteiger partial charge in [0.05, 0.1) is 5.52 Å². The number of nitrogens with two attached hydrogens (primary N) is 1. The van der Waals surface area contributed by atoms with Gasteiger partial charge in [0.15, 0.2) is 0 Å². The molecule has 4 heteroatoms. The zero-order valence-corrected chi connectivity index (χ0v) is 14.2. The summed E-state index contributed by atoms with van der Waals surface area (Å²) in [5, 5.41) is 1.77. The number of nitrogens with zero attached hydrogens (tertiary/aromatic N) is 1. The average Bonchev–Trinajstić information content (AvgIpc) is 2.46. The van der Waals surface area contributed by atoms with Crippen LogP contribution in [0.5, 0.6) is 0 Å². The molecule has 2 atom stereocenters. The molecule has 2 aliphatic carbocycles. The molecule has 1 heterocycles. The Morgan fingerprint density at radius 1 is 1.32 bits per heavy atom. The van der Waals surface area contributed by atoms with Crippen molar-refractivity contribution in [3.8, 4) is 0 Å². The van der Waals surface area contributed by atoms with E-state index >= 15 is 0 Å². The lowest BCUT2D eigenvalue weighted by Crippen LogP contribution is -2.24. The molecule has 0 unspecified atom stereocenters. The molecule has 2 aromatic rings. The maximum atomic E-state index is 6.51. The smallest absolute Gasteiger partial charge is 0.0741 e. The van der Waals surface area contributed by atoms with Gasteiger partial charge in [-0.1, -0.05) is 30.2 Å². The molecule has 0 saturated carbocycles. The lowest BCUT2D eigenvalue weighted by molar-refractivity contribution is 0.429. The Hall–Kier alpha value is -1.25. The van der Waals surface area contributed by atoms with E-state index in [9.17, 15) is 0 Å². The number of benzene rings is 1. The van der Waals surface area contributed by atoms with Crippen LogP contribution in [-0.4, -0.2) is 4.98 Å². The Balaban J connectivity index is 0.00000144. The number of allylic oxidation sites excluding steroid dienone is 2. The average molecular weight is 335 g/mol. The number of hydrogen-bond acceptors (Lipinski definition) is 2. The number of halogens is 2. The Morgan fingerprint density at radius 3 is 2.91 bits per heavy atom. The van der Waals surface area contributed by atoms with Crippen LogP contribution >= 0.6 is 24.0 Å². The van der Waals surface area contributed by atoms with Crippen LogP contribution in [0, 0.1) is 5.92 Å². The van der Waals surface area contributed by atoms with Crippen LogP contribution in [0.1, 0.15) is 43.4 Å². The van der Waals surface area contributed by atoms with E-state index in [4.69, 9.17) is 22.3 Å². The van der Waals surface area contributed by atoms with Gasteiger partial charge in [-0.15, -0.1) is 12.4 Å². The van der Waals surface area contributed by atoms with Crippen molar-refractivity contribution >= 4 is 40.6 Å². The van der Waals surface area contributed by atoms with Crippen LogP contribution in [0.4, 0.5) is 5.69 Å². The predicted molar refractivity (Wildman–Crippen MR) is 96.0 cm³/mol. The van der Waals surface area contributed by atoms with Gasteiger partial charge in [-0.05, 0) is 55.7 Å². The number of anilines is 1. The Labute approximate surface area is 142 Å². The van der Waals surface area contributed by atoms with Gasteiger partial charge in [0.1, 0.15) is 0 Å². The Kier molecular flexibility index (Phi) is 4.09. The molecule has 0 saturated heterocycles. The van der Waals surface area contributed by atoms with Crippen LogP contribution in [0.3, 0.4) is 0 Å². The minimum absolute atomic E-state index is 0. The fourth-order valence-electron chi connectivity index (χ4n) is 4.05. The van der Waals surface area contributed by atoms with Crippen LogP contribution in [0.15, 0.2) is 29.8 Å². The van der Waals surface area contributed by atoms with E-state index in [0.29, 0.717) is 11.8 Å². The summed E-state index contributed by atoms with van der Waals surface area (Å²) in [5.41, 5.74) is 12.4. The molecule has 1 aromatic heterocycles. The van der Waals surface area contributed by atoms with Crippen LogP contribution in [0.2, 0.25) is 5.02 Å². The quantitative estimate of drug-likeness (QED) is 0.720. The van der Waals surface area contributed by atoms with E-state index in [2.05, 4.69) is 13.0 Å². The third-order valence-corrected chi connectivity index (χ3v) is 5.23. The van der Waals surface area contributed by atoms with Crippen molar-refractivity contribution in [2.24, 2.45) is 5.92 Å². The highest BCUT2D eigenvalue weighted by Gasteiger charge is 2.33. The van der Waals surface area contributed by atoms with Gasteiger partial charge in [0, 0.05) is 27.4 Å². The number of hydrogen-bond donors (Lipinski definition) is 1. The highest BCUT2D eigenvalue weighted by molar-refractivity contribution is 6.31. The predicted octanol–water partition coefficient (Wildman–Crippen LogP) is 5.28. The minimum Gasteiger partial charge on any atom is -0.398 e. The molecule has 0 spiro atoms. The molecule has 2 bridgehead atoms. The second-order valence-corrected chi connectivity index (χ2v) is 6.76. The van der Waals surface area contributed by atoms with Gasteiger partial charge in [0.2, 0.25) is 0 Å². The summed E-state index contributed by atoms with van der Waals surface area (Å²) in [7, 11) is 0. The first-order valence-corrected chi connectivity index (χ1v) is 8.10. The first kappa shape index (κ1) is 15.6. The Bertz CT molecular complexity index is 767. The Morgan fingerprint density at radius 2 is 2.14 bits per heavy atom. The van der Waals surface area contributed by atoms with Crippen molar-refractivity contribution in [1.82, 2.24) is 4.98 Å². The molecule has 0 radical (unpaired) electrons. The van der Waals surface area contributed by atoms with E-state index in [0.717, 1.165) is 40.9 Å². The summed E-state index contributed by atoms with van der Waals surface area (Å²) in [4.78, 5) is 4.88. The molecule has 0 fully saturated rings. The van der Waals surface area contributed by atoms with E-state index in [-0.39, 0.29) is 12.4 Å². The summed E-state index contributed by atoms with van der Waals surface area (Å²) in [6, 6.07) is 5.83. The van der Waals surface area contributed by atoms with Crippen molar-refractivity contribution in [1.29, 1.82) is 0 Å². The van der Waals surface area contributed by atoms with Gasteiger partial charge in [0.25, 0.3) is 0 Å². The molecule has 4 rings (SSSR count). The number of fused-ring (bicyclic) bond motifs is 5. The van der Waals surface area contributed by atoms with Gasteiger partial charge >= 0.3 is 0 Å². The third-order valence-electron chi connectivity index (χ3n) is 4.99. The standard InChI is InChI=1S/C18H19ClN2.ClH/c1-2-10-5-11-7-12(6-10)17-16(8-11)21-15-9-13(19)3-4-14(15)18(17)20;/h3-5,9,11-12H,2,6-8H2,1H3,(H2,20,21);1H/t11-,12-;/m1./s1. The van der Waals surface area contributed by atoms with E-state index in [1.807, 2.05) is 18.2 Å². The fourth-order valence-corrected chi connectivity index (χ4v) is 4.22. The number of nitrogen functional groups attached to an aromatic ring is 1. The van der Waals surface area contributed by atoms with Gasteiger partial charge in [-0.2, -0.15) is 0 Å². The molecule has 2 nitrogen and oxygen atoms in total. The highest BCUT2D eigenvalue weighted by atomic mass is 35.5. The van der Waals surface area contributed by atoms with E-state index in [1.54, 1.807) is 5.57 Å². The SMILES string of the molecule is CCC1=C[C@H]2Cc3nc4cc(Cl)ccc4c(N)c3[C@H](C1)C2.Cl. The third kappa shape index (κ3) is 2.39. The molecule has 2 aliphatic rings. The van der Waals surface area contributed by atoms with Gasteiger partial charge < -0.3 is 5.73 Å². The molecule has 22 heavy (non-hydrogen) atoms. The van der Waals surface area contributed by atoms with Crippen molar-refractivity contribution < 1.29 is 0 Å². The summed E-state index contributed by atoms with van der Waals surface area (Å²) < 4.78 is 0. The van der Waals surface area contributed by atoms with Crippen molar-refractivity contribution in [3.05, 3.63) is 46.1 Å². The van der Waals surface area contributed by atoms with Gasteiger partial charge in [-0.3, -0.25) is 4.98 Å². The molecular formula is C18H20Cl2N2. The number of aromatic nitrogens is 1. The number of pyridine rings is 1. The van der Waals surface area contributed by atoms with E-state index in [1.165, 1.54) is 17.7 Å². The molecular weight excluding hydrogens is 315 g/mol. The monoisotopic (exact) mass is 334 g/mol. The summed E-state index contributed by atoms with van der Waals surface area (Å²) in [6.45, 7) is 2.25. The molecule has 0 aliphatic heterocycles. The van der Waals surface area contributed by atoms with Crippen molar-refractivity contribution in [2.75, 3.05) is 5.73 Å². The highest BCUT2D eigenvalue weighted by Crippen LogP contribution is 2.47. The molecule has 0 amide bonds. The summed E-state index contributed by atoms with van der Waals surface area (Å²) in [6.07, 6.45) is 7.01.